The average Bonchev–Trinajstić information content (AvgIpc) is 3.07. The lowest BCUT2D eigenvalue weighted by atomic mass is 10.1. The summed E-state index contributed by atoms with van der Waals surface area (Å²) >= 11 is 0. The first-order chi connectivity index (χ1) is 22.3. The molecule has 3 aromatic rings. The third kappa shape index (κ3) is 12.1. The molecule has 11 heteroatoms. The topological polar surface area (TPSA) is 133 Å². The van der Waals surface area contributed by atoms with Gasteiger partial charge in [-0.25, -0.2) is 9.59 Å². The summed E-state index contributed by atoms with van der Waals surface area (Å²) in [5.41, 5.74) is 1.58. The Hall–Kier alpha value is -5.16. The van der Waals surface area contributed by atoms with Gasteiger partial charge in [0.25, 0.3) is 0 Å². The molecule has 0 fully saturated rings. The second-order valence-corrected chi connectivity index (χ2v) is 9.98. The molecule has 0 bridgehead atoms. The molecule has 0 atom stereocenters. The SMILES string of the molecule is C=CC(=O)OCCCCCCOc1ccc(C(=O)Oc2ccc(OOCCCC(=O)Oc3ccc(C)c(C=O)c3)cc2OC)cc1. The molecule has 0 aliphatic carbocycles. The van der Waals surface area contributed by atoms with Crippen molar-refractivity contribution in [3.05, 3.63) is 90.0 Å². The summed E-state index contributed by atoms with van der Waals surface area (Å²) in [6.07, 6.45) is 5.75. The highest BCUT2D eigenvalue weighted by Gasteiger charge is 2.14. The Morgan fingerprint density at radius 2 is 1.48 bits per heavy atom. The van der Waals surface area contributed by atoms with E-state index in [1.54, 1.807) is 49.4 Å². The van der Waals surface area contributed by atoms with Crippen molar-refractivity contribution in [2.24, 2.45) is 0 Å². The van der Waals surface area contributed by atoms with Crippen molar-refractivity contribution in [3.63, 3.8) is 0 Å². The Kier molecular flexibility index (Phi) is 14.8. The van der Waals surface area contributed by atoms with Crippen LogP contribution in [0.4, 0.5) is 0 Å². The monoisotopic (exact) mass is 634 g/mol. The minimum atomic E-state index is -0.577. The maximum Gasteiger partial charge on any atom is 0.343 e. The molecule has 244 valence electrons. The summed E-state index contributed by atoms with van der Waals surface area (Å²) < 4.78 is 26.8. The molecule has 0 amide bonds. The van der Waals surface area contributed by atoms with E-state index in [2.05, 4.69) is 6.58 Å². The number of unbranched alkanes of at least 4 members (excludes halogenated alkanes) is 3. The number of carbonyl (C=O) groups is 4. The number of rotatable bonds is 20. The van der Waals surface area contributed by atoms with Gasteiger partial charge in [0.2, 0.25) is 0 Å². The van der Waals surface area contributed by atoms with Crippen molar-refractivity contribution in [2.75, 3.05) is 26.9 Å². The van der Waals surface area contributed by atoms with Gasteiger partial charge in [0.1, 0.15) is 17.8 Å². The van der Waals surface area contributed by atoms with Gasteiger partial charge in [0, 0.05) is 24.1 Å². The maximum atomic E-state index is 12.7. The van der Waals surface area contributed by atoms with Crippen LogP contribution in [0.2, 0.25) is 0 Å². The van der Waals surface area contributed by atoms with Crippen LogP contribution in [0.1, 0.15) is 64.8 Å². The lowest BCUT2D eigenvalue weighted by Gasteiger charge is -2.12. The quantitative estimate of drug-likeness (QED) is 0.0260. The highest BCUT2D eigenvalue weighted by Crippen LogP contribution is 2.32. The van der Waals surface area contributed by atoms with Crippen molar-refractivity contribution < 1.29 is 52.6 Å². The first kappa shape index (κ1) is 35.3. The first-order valence-corrected chi connectivity index (χ1v) is 14.8. The number of benzene rings is 3. The molecule has 0 aromatic heterocycles. The maximum absolute atomic E-state index is 12.7. The van der Waals surface area contributed by atoms with Crippen LogP contribution in [0.15, 0.2) is 73.3 Å². The molecule has 11 nitrogen and oxygen atoms in total. The van der Waals surface area contributed by atoms with Gasteiger partial charge in [-0.3, -0.25) is 9.59 Å². The first-order valence-electron chi connectivity index (χ1n) is 14.8. The van der Waals surface area contributed by atoms with Crippen LogP contribution in [-0.4, -0.2) is 51.1 Å². The van der Waals surface area contributed by atoms with Gasteiger partial charge in [-0.1, -0.05) is 12.6 Å². The summed E-state index contributed by atoms with van der Waals surface area (Å²) in [5.74, 6) is 0.229. The van der Waals surface area contributed by atoms with E-state index in [0.29, 0.717) is 54.3 Å². The highest BCUT2D eigenvalue weighted by molar-refractivity contribution is 5.91. The fourth-order valence-electron chi connectivity index (χ4n) is 3.99. The lowest BCUT2D eigenvalue weighted by Crippen LogP contribution is -2.10. The number of hydrogen-bond acceptors (Lipinski definition) is 11. The van der Waals surface area contributed by atoms with Crippen molar-refractivity contribution in [3.8, 4) is 28.7 Å². The number of aldehydes is 1. The van der Waals surface area contributed by atoms with E-state index in [1.165, 1.54) is 25.3 Å². The number of hydrogen-bond donors (Lipinski definition) is 0. The predicted molar refractivity (Wildman–Crippen MR) is 168 cm³/mol. The molecule has 0 heterocycles. The zero-order chi connectivity index (χ0) is 33.1. The standard InChI is InChI=1S/C35H38O11/c1-4-33(37)42-20-8-6-5-7-19-41-28-15-12-26(13-16-28)35(39)45-31-18-17-30(23-32(31)40-3)46-43-21-9-10-34(38)44-29-14-11-25(2)27(22-29)24-36/h4,11-18,22-24H,1,5-10,19-21H2,2-3H3. The van der Waals surface area contributed by atoms with Crippen LogP contribution >= 0.6 is 0 Å². The molecular formula is C35H38O11. The van der Waals surface area contributed by atoms with Crippen LogP contribution in [0.3, 0.4) is 0 Å². The van der Waals surface area contributed by atoms with Crippen molar-refractivity contribution in [1.82, 2.24) is 0 Å². The summed E-state index contributed by atoms with van der Waals surface area (Å²) in [5, 5.41) is 0. The van der Waals surface area contributed by atoms with E-state index in [9.17, 15) is 19.2 Å². The zero-order valence-corrected chi connectivity index (χ0v) is 26.0. The Morgan fingerprint density at radius 1 is 0.761 bits per heavy atom. The number of ether oxygens (including phenoxy) is 5. The second-order valence-electron chi connectivity index (χ2n) is 9.98. The summed E-state index contributed by atoms with van der Waals surface area (Å²) in [6, 6.07) is 16.0. The Labute approximate surface area is 267 Å². The molecule has 0 unspecified atom stereocenters. The third-order valence-corrected chi connectivity index (χ3v) is 6.52. The molecule has 0 aliphatic rings. The Bertz CT molecular complexity index is 1460. The smallest absolute Gasteiger partial charge is 0.343 e. The average molecular weight is 635 g/mol. The van der Waals surface area contributed by atoms with Crippen LogP contribution in [0, 0.1) is 6.92 Å². The van der Waals surface area contributed by atoms with E-state index >= 15 is 0 Å². The molecule has 3 rings (SSSR count). The third-order valence-electron chi connectivity index (χ3n) is 6.52. The fraction of sp³-hybridized carbons (Fsp3) is 0.314. The zero-order valence-electron chi connectivity index (χ0n) is 26.0. The molecule has 3 aromatic carbocycles. The normalized spacial score (nSPS) is 10.4. The van der Waals surface area contributed by atoms with Gasteiger partial charge < -0.3 is 28.6 Å². The molecule has 0 saturated carbocycles. The number of aryl methyl sites for hydroxylation is 1. The number of carbonyl (C=O) groups excluding carboxylic acids is 4. The second kappa shape index (κ2) is 19.3. The van der Waals surface area contributed by atoms with Crippen molar-refractivity contribution >= 4 is 24.2 Å². The number of esters is 3. The van der Waals surface area contributed by atoms with Crippen LogP contribution in [0.5, 0.6) is 28.7 Å². The van der Waals surface area contributed by atoms with E-state index in [4.69, 9.17) is 33.5 Å². The highest BCUT2D eigenvalue weighted by atomic mass is 17.2. The fourth-order valence-corrected chi connectivity index (χ4v) is 3.99. The summed E-state index contributed by atoms with van der Waals surface area (Å²) in [7, 11) is 1.43. The molecule has 0 radical (unpaired) electrons. The van der Waals surface area contributed by atoms with Gasteiger partial charge in [0.15, 0.2) is 17.2 Å². The lowest BCUT2D eigenvalue weighted by molar-refractivity contribution is -0.207. The Morgan fingerprint density at radius 3 is 2.20 bits per heavy atom. The summed E-state index contributed by atoms with van der Waals surface area (Å²) in [4.78, 5) is 57.3. The number of methoxy groups -OCH3 is 1. The van der Waals surface area contributed by atoms with E-state index in [-0.39, 0.29) is 24.5 Å². The molecular weight excluding hydrogens is 596 g/mol. The van der Waals surface area contributed by atoms with Gasteiger partial charge in [-0.05, 0) is 93.1 Å². The predicted octanol–water partition coefficient (Wildman–Crippen LogP) is 6.40. The van der Waals surface area contributed by atoms with E-state index in [1.807, 2.05) is 0 Å². The molecule has 0 saturated heterocycles. The van der Waals surface area contributed by atoms with E-state index in [0.717, 1.165) is 37.3 Å². The van der Waals surface area contributed by atoms with Crippen molar-refractivity contribution in [1.29, 1.82) is 0 Å². The minimum absolute atomic E-state index is 0.0803. The van der Waals surface area contributed by atoms with E-state index < -0.39 is 17.9 Å². The molecule has 46 heavy (non-hydrogen) atoms. The van der Waals surface area contributed by atoms with Gasteiger partial charge in [0.05, 0.1) is 32.5 Å². The largest absolute Gasteiger partial charge is 0.494 e. The molecule has 0 aliphatic heterocycles. The van der Waals surface area contributed by atoms with Crippen molar-refractivity contribution in [2.45, 2.75) is 45.4 Å². The Balaban J connectivity index is 1.36. The van der Waals surface area contributed by atoms with Gasteiger partial charge in [-0.2, -0.15) is 4.89 Å². The van der Waals surface area contributed by atoms with Crippen LogP contribution in [0.25, 0.3) is 0 Å². The van der Waals surface area contributed by atoms with Crippen LogP contribution < -0.4 is 23.8 Å². The van der Waals surface area contributed by atoms with Gasteiger partial charge >= 0.3 is 17.9 Å². The summed E-state index contributed by atoms with van der Waals surface area (Å²) in [6.45, 7) is 6.16. The van der Waals surface area contributed by atoms with Gasteiger partial charge in [-0.15, -0.1) is 0 Å². The minimum Gasteiger partial charge on any atom is -0.494 e. The van der Waals surface area contributed by atoms with Crippen LogP contribution in [-0.2, 0) is 19.2 Å². The molecule has 0 N–H and O–H groups in total. The molecule has 0 spiro atoms.